The number of aromatic nitrogens is 3. The first-order valence-electron chi connectivity index (χ1n) is 7.59. The minimum atomic E-state index is 0.749. The molecule has 0 radical (unpaired) electrons. The molecule has 5 nitrogen and oxygen atoms in total. The summed E-state index contributed by atoms with van der Waals surface area (Å²) in [5, 5.41) is 15.5. The Kier molecular flexibility index (Phi) is 5.10. The molecule has 126 valence electrons. The number of furan rings is 1. The van der Waals surface area contributed by atoms with Gasteiger partial charge in [-0.3, -0.25) is 0 Å². The minimum Gasteiger partial charge on any atom is -0.462 e. The van der Waals surface area contributed by atoms with Crippen LogP contribution in [-0.4, -0.2) is 15.2 Å². The highest BCUT2D eigenvalue weighted by molar-refractivity contribution is 8.00. The van der Waals surface area contributed by atoms with Gasteiger partial charge in [-0.15, -0.1) is 21.5 Å². The van der Waals surface area contributed by atoms with Gasteiger partial charge in [0.25, 0.3) is 0 Å². The molecule has 0 atom stereocenters. The Morgan fingerprint density at radius 1 is 1.08 bits per heavy atom. The first kappa shape index (κ1) is 16.3. The van der Waals surface area contributed by atoms with E-state index < -0.39 is 0 Å². The average Bonchev–Trinajstić information content (AvgIpc) is 3.40. The number of rotatable bonds is 7. The van der Waals surface area contributed by atoms with Crippen LogP contribution in [0.25, 0.3) is 10.8 Å². The number of thiazole rings is 1. The summed E-state index contributed by atoms with van der Waals surface area (Å²) in [4.78, 5) is 4.60. The molecule has 1 N–H and O–H groups in total. The van der Waals surface area contributed by atoms with Gasteiger partial charge in [0.05, 0.1) is 12.0 Å². The fourth-order valence-corrected chi connectivity index (χ4v) is 4.67. The number of nitrogens with zero attached hydrogens (tertiary/aromatic N) is 3. The quantitative estimate of drug-likeness (QED) is 0.443. The third-order valence-corrected chi connectivity index (χ3v) is 6.27. The van der Waals surface area contributed by atoms with E-state index in [1.54, 1.807) is 40.7 Å². The maximum atomic E-state index is 5.37. The van der Waals surface area contributed by atoms with Crippen molar-refractivity contribution in [3.8, 4) is 10.8 Å². The Bertz CT molecular complexity index is 918. The minimum absolute atomic E-state index is 0.749. The smallest absolute Gasteiger partial charge is 0.206 e. The first-order chi connectivity index (χ1) is 12.4. The van der Waals surface area contributed by atoms with Crippen molar-refractivity contribution in [1.82, 2.24) is 15.2 Å². The van der Waals surface area contributed by atoms with Crippen LogP contribution in [0, 0.1) is 0 Å². The van der Waals surface area contributed by atoms with Crippen LogP contribution in [0.2, 0.25) is 0 Å². The zero-order valence-electron chi connectivity index (χ0n) is 13.1. The fourth-order valence-electron chi connectivity index (χ4n) is 2.14. The molecule has 0 unspecified atom stereocenters. The summed E-state index contributed by atoms with van der Waals surface area (Å²) < 4.78 is 6.31. The van der Waals surface area contributed by atoms with Crippen molar-refractivity contribution in [3.63, 3.8) is 0 Å². The van der Waals surface area contributed by atoms with Crippen molar-refractivity contribution in [2.75, 3.05) is 5.32 Å². The van der Waals surface area contributed by atoms with E-state index in [1.807, 2.05) is 30.3 Å². The van der Waals surface area contributed by atoms with Gasteiger partial charge < -0.3 is 9.73 Å². The Balaban J connectivity index is 1.31. The van der Waals surface area contributed by atoms with Crippen LogP contribution < -0.4 is 5.32 Å². The molecule has 25 heavy (non-hydrogen) atoms. The molecule has 4 rings (SSSR count). The van der Waals surface area contributed by atoms with Gasteiger partial charge in [-0.25, -0.2) is 4.98 Å². The van der Waals surface area contributed by atoms with E-state index in [-0.39, 0.29) is 0 Å². The van der Waals surface area contributed by atoms with Crippen molar-refractivity contribution < 1.29 is 4.42 Å². The molecule has 0 spiro atoms. The monoisotopic (exact) mass is 386 g/mol. The molecule has 4 aromatic rings. The third-order valence-electron chi connectivity index (χ3n) is 3.32. The maximum absolute atomic E-state index is 5.37. The lowest BCUT2D eigenvalue weighted by molar-refractivity contribution is 0.581. The number of nitrogens with one attached hydrogen (secondary N) is 1. The Morgan fingerprint density at radius 3 is 2.84 bits per heavy atom. The van der Waals surface area contributed by atoms with Crippen molar-refractivity contribution in [1.29, 1.82) is 0 Å². The number of thioether (sulfide) groups is 1. The first-order valence-corrected chi connectivity index (χ1v) is 10.3. The van der Waals surface area contributed by atoms with Crippen molar-refractivity contribution in [2.45, 2.75) is 16.6 Å². The molecule has 0 saturated carbocycles. The number of anilines is 1. The lowest BCUT2D eigenvalue weighted by Crippen LogP contribution is -1.98. The second-order valence-electron chi connectivity index (χ2n) is 5.12. The van der Waals surface area contributed by atoms with Gasteiger partial charge in [0.1, 0.15) is 0 Å². The van der Waals surface area contributed by atoms with Crippen LogP contribution in [-0.2, 0) is 12.3 Å². The van der Waals surface area contributed by atoms with E-state index >= 15 is 0 Å². The molecule has 0 fully saturated rings. The normalized spacial score (nSPS) is 10.9. The van der Waals surface area contributed by atoms with E-state index in [2.05, 4.69) is 38.0 Å². The molecule has 0 saturated heterocycles. The molecule has 3 heterocycles. The third kappa shape index (κ3) is 4.28. The highest BCUT2D eigenvalue weighted by atomic mass is 32.2. The summed E-state index contributed by atoms with van der Waals surface area (Å²) in [7, 11) is 0. The lowest BCUT2D eigenvalue weighted by Gasteiger charge is -2.00. The Morgan fingerprint density at radius 2 is 2.00 bits per heavy atom. The number of hydrogen-bond acceptors (Lipinski definition) is 8. The molecule has 0 aliphatic rings. The summed E-state index contributed by atoms with van der Waals surface area (Å²) in [6.45, 7) is 0.749. The maximum Gasteiger partial charge on any atom is 0.206 e. The van der Waals surface area contributed by atoms with Crippen LogP contribution >= 0.6 is 34.4 Å². The zero-order chi connectivity index (χ0) is 16.9. The topological polar surface area (TPSA) is 63.8 Å². The van der Waals surface area contributed by atoms with Crippen LogP contribution in [0.15, 0.2) is 62.9 Å². The van der Waals surface area contributed by atoms with Gasteiger partial charge >= 0.3 is 0 Å². The second kappa shape index (κ2) is 7.81. The van der Waals surface area contributed by atoms with Gasteiger partial charge in [-0.2, -0.15) is 0 Å². The largest absolute Gasteiger partial charge is 0.462 e. The number of benzene rings is 1. The fraction of sp³-hybridized carbons (Fsp3) is 0.118. The van der Waals surface area contributed by atoms with Crippen LogP contribution in [0.4, 0.5) is 5.13 Å². The van der Waals surface area contributed by atoms with Crippen LogP contribution in [0.3, 0.4) is 0 Å². The zero-order valence-corrected chi connectivity index (χ0v) is 15.5. The SMILES string of the molecule is c1ccc(CNc2nnc(SCc3csc(-c4ccco4)n3)s2)cc1. The predicted octanol–water partition coefficient (Wildman–Crippen LogP) is 5.16. The van der Waals surface area contributed by atoms with Gasteiger partial charge in [0.2, 0.25) is 5.13 Å². The average molecular weight is 387 g/mol. The van der Waals surface area contributed by atoms with E-state index in [4.69, 9.17) is 4.42 Å². The Labute approximate surface area is 157 Å². The van der Waals surface area contributed by atoms with Crippen molar-refractivity contribution >= 4 is 39.6 Å². The van der Waals surface area contributed by atoms with Gasteiger partial charge in [-0.05, 0) is 17.7 Å². The molecule has 0 aliphatic carbocycles. The summed E-state index contributed by atoms with van der Waals surface area (Å²) in [5.41, 5.74) is 2.25. The molecule has 3 aromatic heterocycles. The van der Waals surface area contributed by atoms with Gasteiger partial charge in [0.15, 0.2) is 15.1 Å². The van der Waals surface area contributed by atoms with E-state index in [0.29, 0.717) is 0 Å². The van der Waals surface area contributed by atoms with Crippen LogP contribution in [0.5, 0.6) is 0 Å². The summed E-state index contributed by atoms with van der Waals surface area (Å²) in [5.74, 6) is 1.58. The lowest BCUT2D eigenvalue weighted by atomic mass is 10.2. The standard InChI is InChI=1S/C17H14N4OS3/c1-2-5-12(6-3-1)9-18-16-20-21-17(25-16)24-11-13-10-23-15(19-13)14-7-4-8-22-14/h1-8,10H,9,11H2,(H,18,20). The molecule has 0 bridgehead atoms. The molecule has 8 heteroatoms. The predicted molar refractivity (Wildman–Crippen MR) is 103 cm³/mol. The molecule has 1 aromatic carbocycles. The number of hydrogen-bond donors (Lipinski definition) is 1. The van der Waals surface area contributed by atoms with Crippen molar-refractivity contribution in [3.05, 3.63) is 65.4 Å². The highest BCUT2D eigenvalue weighted by Crippen LogP contribution is 2.30. The summed E-state index contributed by atoms with van der Waals surface area (Å²) in [6.07, 6.45) is 1.66. The second-order valence-corrected chi connectivity index (χ2v) is 8.18. The van der Waals surface area contributed by atoms with Crippen LogP contribution in [0.1, 0.15) is 11.3 Å². The Hall–Kier alpha value is -2.16. The van der Waals surface area contributed by atoms with Gasteiger partial charge in [0, 0.05) is 17.7 Å². The molecule has 0 aliphatic heterocycles. The summed E-state index contributed by atoms with van der Waals surface area (Å²) in [6, 6.07) is 14.0. The molecular weight excluding hydrogens is 372 g/mol. The van der Waals surface area contributed by atoms with E-state index in [9.17, 15) is 0 Å². The van der Waals surface area contributed by atoms with E-state index in [1.165, 1.54) is 5.56 Å². The summed E-state index contributed by atoms with van der Waals surface area (Å²) >= 11 is 4.80. The molecular formula is C17H14N4OS3. The van der Waals surface area contributed by atoms with E-state index in [0.717, 1.165) is 38.2 Å². The highest BCUT2D eigenvalue weighted by Gasteiger charge is 2.09. The molecule has 0 amide bonds. The van der Waals surface area contributed by atoms with Crippen molar-refractivity contribution in [2.24, 2.45) is 0 Å². The van der Waals surface area contributed by atoms with Gasteiger partial charge in [-0.1, -0.05) is 53.4 Å².